The molecule has 0 bridgehead atoms. The van der Waals surface area contributed by atoms with E-state index in [-0.39, 0.29) is 23.7 Å². The van der Waals surface area contributed by atoms with E-state index < -0.39 is 5.82 Å². The molecule has 0 atom stereocenters. The molecule has 0 aliphatic rings. The number of hydrogen-bond donors (Lipinski definition) is 1. The van der Waals surface area contributed by atoms with Crippen LogP contribution >= 0.6 is 11.6 Å². The molecule has 0 saturated heterocycles. The number of aromatic nitrogens is 2. The molecule has 0 fully saturated rings. The second-order valence-corrected chi connectivity index (χ2v) is 6.88. The number of halogens is 2. The number of rotatable bonds is 4. The van der Waals surface area contributed by atoms with Crippen LogP contribution in [0, 0.1) is 5.82 Å². The normalized spacial score (nSPS) is 10.8. The van der Waals surface area contributed by atoms with E-state index in [0.29, 0.717) is 21.7 Å². The average Bonchev–Trinajstić information content (AvgIpc) is 2.71. The van der Waals surface area contributed by atoms with Crippen molar-refractivity contribution in [3.8, 4) is 11.3 Å². The van der Waals surface area contributed by atoms with Crippen molar-refractivity contribution in [1.29, 1.82) is 0 Å². The molecule has 144 valence electrons. The van der Waals surface area contributed by atoms with E-state index in [1.807, 2.05) is 0 Å². The van der Waals surface area contributed by atoms with Gasteiger partial charge in [-0.3, -0.25) is 14.6 Å². The van der Waals surface area contributed by atoms with Crippen LogP contribution in [0.5, 0.6) is 0 Å². The number of carbonyl (C=O) groups excluding carboxylic acids is 1. The van der Waals surface area contributed by atoms with Gasteiger partial charge in [0.15, 0.2) is 0 Å². The molecule has 2 aromatic heterocycles. The number of hydrogen-bond acceptors (Lipinski definition) is 3. The fourth-order valence-electron chi connectivity index (χ4n) is 3.05. The molecule has 7 heteroatoms. The quantitative estimate of drug-likeness (QED) is 0.542. The topological polar surface area (TPSA) is 64.0 Å². The van der Waals surface area contributed by atoms with Crippen LogP contribution < -0.4 is 10.9 Å². The van der Waals surface area contributed by atoms with Crippen molar-refractivity contribution in [1.82, 2.24) is 9.55 Å². The Balaban J connectivity index is 1.49. The van der Waals surface area contributed by atoms with Gasteiger partial charge in [-0.25, -0.2) is 4.39 Å². The minimum atomic E-state index is -0.416. The highest BCUT2D eigenvalue weighted by Crippen LogP contribution is 2.22. The summed E-state index contributed by atoms with van der Waals surface area (Å²) in [6, 6.07) is 16.3. The van der Waals surface area contributed by atoms with Crippen molar-refractivity contribution >= 4 is 34.0 Å². The SMILES string of the molecule is O=C(Cn1ccc2cc(Cl)ccc2c1=O)Nc1ccc(-c2ncccc2F)cc1. The third kappa shape index (κ3) is 4.02. The van der Waals surface area contributed by atoms with Crippen LogP contribution in [0.3, 0.4) is 0 Å². The van der Waals surface area contributed by atoms with Crippen LogP contribution in [-0.2, 0) is 11.3 Å². The molecule has 2 heterocycles. The van der Waals surface area contributed by atoms with Gasteiger partial charge >= 0.3 is 0 Å². The maximum absolute atomic E-state index is 13.8. The van der Waals surface area contributed by atoms with Crippen LogP contribution in [0.2, 0.25) is 5.02 Å². The summed E-state index contributed by atoms with van der Waals surface area (Å²) in [5.74, 6) is -0.765. The Morgan fingerprint density at radius 1 is 1.10 bits per heavy atom. The molecule has 0 unspecified atom stereocenters. The van der Waals surface area contributed by atoms with Crippen LogP contribution in [0.15, 0.2) is 77.9 Å². The van der Waals surface area contributed by atoms with Crippen LogP contribution in [0.1, 0.15) is 0 Å². The lowest BCUT2D eigenvalue weighted by atomic mass is 10.1. The van der Waals surface area contributed by atoms with Gasteiger partial charge in [-0.05, 0) is 53.9 Å². The second-order valence-electron chi connectivity index (χ2n) is 6.44. The van der Waals surface area contributed by atoms with E-state index in [0.717, 1.165) is 5.39 Å². The number of nitrogens with zero attached hydrogens (tertiary/aromatic N) is 2. The van der Waals surface area contributed by atoms with Gasteiger partial charge in [0.2, 0.25) is 5.91 Å². The van der Waals surface area contributed by atoms with E-state index >= 15 is 0 Å². The molecule has 0 spiro atoms. The highest BCUT2D eigenvalue weighted by atomic mass is 35.5. The van der Waals surface area contributed by atoms with Crippen molar-refractivity contribution in [3.63, 3.8) is 0 Å². The predicted molar refractivity (Wildman–Crippen MR) is 111 cm³/mol. The molecule has 1 amide bonds. The molecule has 4 aromatic rings. The minimum absolute atomic E-state index is 0.131. The maximum Gasteiger partial charge on any atom is 0.258 e. The van der Waals surface area contributed by atoms with Gasteiger partial charge in [-0.2, -0.15) is 0 Å². The summed E-state index contributed by atoms with van der Waals surface area (Å²) in [6.07, 6.45) is 3.08. The number of carbonyl (C=O) groups is 1. The van der Waals surface area contributed by atoms with Gasteiger partial charge in [0.25, 0.3) is 5.56 Å². The molecule has 29 heavy (non-hydrogen) atoms. The second kappa shape index (κ2) is 7.85. The number of anilines is 1. The van der Waals surface area contributed by atoms with Crippen LogP contribution in [0.25, 0.3) is 22.0 Å². The van der Waals surface area contributed by atoms with Crippen molar-refractivity contribution in [2.75, 3.05) is 5.32 Å². The van der Waals surface area contributed by atoms with Crippen molar-refractivity contribution in [3.05, 3.63) is 94.3 Å². The molecular formula is C22H15ClFN3O2. The first-order chi connectivity index (χ1) is 14.0. The smallest absolute Gasteiger partial charge is 0.258 e. The molecular weight excluding hydrogens is 393 g/mol. The van der Waals surface area contributed by atoms with Crippen molar-refractivity contribution in [2.45, 2.75) is 6.54 Å². The zero-order valence-electron chi connectivity index (χ0n) is 15.1. The van der Waals surface area contributed by atoms with Gasteiger partial charge in [-0.15, -0.1) is 0 Å². The molecule has 0 aliphatic heterocycles. The highest BCUT2D eigenvalue weighted by molar-refractivity contribution is 6.31. The zero-order valence-corrected chi connectivity index (χ0v) is 15.9. The summed E-state index contributed by atoms with van der Waals surface area (Å²) < 4.78 is 15.2. The first-order valence-corrected chi connectivity index (χ1v) is 9.18. The third-order valence-corrected chi connectivity index (χ3v) is 4.69. The number of fused-ring (bicyclic) bond motifs is 1. The number of amides is 1. The number of benzene rings is 2. The number of pyridine rings is 2. The van der Waals surface area contributed by atoms with E-state index in [9.17, 15) is 14.0 Å². The van der Waals surface area contributed by atoms with Crippen molar-refractivity contribution < 1.29 is 9.18 Å². The Hall–Kier alpha value is -3.51. The first-order valence-electron chi connectivity index (χ1n) is 8.81. The maximum atomic E-state index is 13.8. The fraction of sp³-hybridized carbons (Fsp3) is 0.0455. The standard InChI is InChI=1S/C22H15ClFN3O2/c23-16-5-8-18-15(12-16)9-11-27(22(18)29)13-20(28)26-17-6-3-14(4-7-17)21-19(24)2-1-10-25-21/h1-12H,13H2,(H,26,28). The van der Waals surface area contributed by atoms with Crippen LogP contribution in [0.4, 0.5) is 10.1 Å². The van der Waals surface area contributed by atoms with E-state index in [1.54, 1.807) is 54.7 Å². The van der Waals surface area contributed by atoms with E-state index in [1.165, 1.54) is 22.9 Å². The van der Waals surface area contributed by atoms with Gasteiger partial charge in [0, 0.05) is 34.1 Å². The Morgan fingerprint density at radius 3 is 2.66 bits per heavy atom. The first kappa shape index (κ1) is 18.8. The van der Waals surface area contributed by atoms with Gasteiger partial charge < -0.3 is 9.88 Å². The predicted octanol–water partition coefficient (Wildman–Crippen LogP) is 4.49. The molecule has 1 N–H and O–H groups in total. The minimum Gasteiger partial charge on any atom is -0.325 e. The van der Waals surface area contributed by atoms with E-state index in [2.05, 4.69) is 10.3 Å². The van der Waals surface area contributed by atoms with Gasteiger partial charge in [0.05, 0.1) is 0 Å². The summed E-state index contributed by atoms with van der Waals surface area (Å²) in [5.41, 5.74) is 1.12. The highest BCUT2D eigenvalue weighted by Gasteiger charge is 2.09. The lowest BCUT2D eigenvalue weighted by Gasteiger charge is -2.09. The van der Waals surface area contributed by atoms with Crippen molar-refractivity contribution in [2.24, 2.45) is 0 Å². The Labute approximate surface area is 170 Å². The molecule has 4 rings (SSSR count). The number of nitrogens with one attached hydrogen (secondary N) is 1. The lowest BCUT2D eigenvalue weighted by molar-refractivity contribution is -0.116. The Morgan fingerprint density at radius 2 is 1.90 bits per heavy atom. The molecule has 0 radical (unpaired) electrons. The van der Waals surface area contributed by atoms with Gasteiger partial charge in [0.1, 0.15) is 18.1 Å². The molecule has 0 saturated carbocycles. The summed E-state index contributed by atoms with van der Waals surface area (Å²) in [5, 5.41) is 4.49. The Kier molecular flexibility index (Phi) is 5.10. The third-order valence-electron chi connectivity index (χ3n) is 4.45. The summed E-state index contributed by atoms with van der Waals surface area (Å²) in [7, 11) is 0. The monoisotopic (exact) mass is 407 g/mol. The molecule has 0 aliphatic carbocycles. The summed E-state index contributed by atoms with van der Waals surface area (Å²) in [4.78, 5) is 29.0. The molecule has 2 aromatic carbocycles. The average molecular weight is 408 g/mol. The fourth-order valence-corrected chi connectivity index (χ4v) is 3.23. The summed E-state index contributed by atoms with van der Waals surface area (Å²) in [6.45, 7) is -0.131. The van der Waals surface area contributed by atoms with Gasteiger partial charge in [-0.1, -0.05) is 23.7 Å². The lowest BCUT2D eigenvalue weighted by Crippen LogP contribution is -2.27. The summed E-state index contributed by atoms with van der Waals surface area (Å²) >= 11 is 5.95. The molecule has 5 nitrogen and oxygen atoms in total. The Bertz CT molecular complexity index is 1270. The van der Waals surface area contributed by atoms with Crippen LogP contribution in [-0.4, -0.2) is 15.5 Å². The van der Waals surface area contributed by atoms with E-state index in [4.69, 9.17) is 11.6 Å². The zero-order chi connectivity index (χ0) is 20.4. The largest absolute Gasteiger partial charge is 0.325 e.